The monoisotopic (exact) mass is 464 g/mol. The Morgan fingerprint density at radius 3 is 2.65 bits per heavy atom. The van der Waals surface area contributed by atoms with Gasteiger partial charge >= 0.3 is 6.09 Å². The Labute approximate surface area is 195 Å². The minimum Gasteiger partial charge on any atom is -0.445 e. The zero-order valence-electron chi connectivity index (χ0n) is 18.2. The molecule has 2 heterocycles. The van der Waals surface area contributed by atoms with Crippen LogP contribution in [-0.2, 0) is 25.7 Å². The van der Waals surface area contributed by atoms with E-state index in [0.29, 0.717) is 11.2 Å². The summed E-state index contributed by atoms with van der Waals surface area (Å²) in [5.41, 5.74) is 3.45. The number of carbonyl (C=O) groups excluding carboxylic acids is 3. The lowest BCUT2D eigenvalue weighted by Crippen LogP contribution is -2.43. The fraction of sp³-hybridized carbons (Fsp3) is 0.250. The number of carbonyl (C=O) groups is 3. The second kappa shape index (κ2) is 10.7. The fourth-order valence-electron chi connectivity index (χ4n) is 3.82. The van der Waals surface area contributed by atoms with Crippen molar-refractivity contribution in [2.75, 3.05) is 18.5 Å². The standard InChI is InChI=1S/C24H24N4O6/c29-21(27-32)15-33-18-12-20(28(13-18)24(31)34-14-16-6-2-1-3-7-16)23(30)26-19-10-4-8-17-9-5-11-25-22(17)19/h1-11,18,20,32H,12-15H2,(H,26,30)(H,27,29)/t18-,20+/m1/s1. The third-order valence-electron chi connectivity index (χ3n) is 5.47. The molecule has 0 unspecified atom stereocenters. The average molecular weight is 464 g/mol. The number of nitrogens with one attached hydrogen (secondary N) is 2. The van der Waals surface area contributed by atoms with E-state index in [1.54, 1.807) is 24.4 Å². The van der Waals surface area contributed by atoms with Gasteiger partial charge in [-0.25, -0.2) is 10.3 Å². The Balaban J connectivity index is 1.49. The molecule has 34 heavy (non-hydrogen) atoms. The average Bonchev–Trinajstić information content (AvgIpc) is 3.31. The molecule has 3 amide bonds. The van der Waals surface area contributed by atoms with Gasteiger partial charge in [0.2, 0.25) is 5.91 Å². The Bertz CT molecular complexity index is 1170. The molecule has 10 nitrogen and oxygen atoms in total. The highest BCUT2D eigenvalue weighted by Crippen LogP contribution is 2.26. The lowest BCUT2D eigenvalue weighted by atomic mass is 10.1. The summed E-state index contributed by atoms with van der Waals surface area (Å²) in [5.74, 6) is -1.15. The SMILES string of the molecule is O=C(CO[C@@H]1C[C@@H](C(=O)Nc2cccc3cccnc23)N(C(=O)OCc2ccccc2)C1)NO. The summed E-state index contributed by atoms with van der Waals surface area (Å²) in [6.07, 6.45) is 0.529. The molecule has 0 radical (unpaired) electrons. The van der Waals surface area contributed by atoms with Gasteiger partial charge in [0.25, 0.3) is 5.91 Å². The molecule has 2 aromatic carbocycles. The van der Waals surface area contributed by atoms with Crippen molar-refractivity contribution in [2.24, 2.45) is 0 Å². The number of hydroxylamine groups is 1. The minimum atomic E-state index is -0.885. The molecule has 1 aliphatic rings. The van der Waals surface area contributed by atoms with Gasteiger partial charge in [0, 0.05) is 18.0 Å². The lowest BCUT2D eigenvalue weighted by Gasteiger charge is -2.23. The molecule has 10 heteroatoms. The molecule has 3 aromatic rings. The summed E-state index contributed by atoms with van der Waals surface area (Å²) in [7, 11) is 0. The van der Waals surface area contributed by atoms with Crippen LogP contribution in [0.4, 0.5) is 10.5 Å². The van der Waals surface area contributed by atoms with E-state index >= 15 is 0 Å². The third-order valence-corrected chi connectivity index (χ3v) is 5.47. The number of hydrogen-bond donors (Lipinski definition) is 3. The van der Waals surface area contributed by atoms with Gasteiger partial charge in [-0.3, -0.25) is 24.7 Å². The Morgan fingerprint density at radius 1 is 1.06 bits per heavy atom. The highest BCUT2D eigenvalue weighted by atomic mass is 16.6. The molecule has 4 rings (SSSR count). The van der Waals surface area contributed by atoms with Gasteiger partial charge in [0.05, 0.1) is 23.9 Å². The number of anilines is 1. The minimum absolute atomic E-state index is 0.0518. The third kappa shape index (κ3) is 5.48. The number of likely N-dealkylation sites (tertiary alicyclic amines) is 1. The van der Waals surface area contributed by atoms with Crippen LogP contribution in [0.25, 0.3) is 10.9 Å². The fourth-order valence-corrected chi connectivity index (χ4v) is 3.82. The molecule has 176 valence electrons. The Morgan fingerprint density at radius 2 is 1.85 bits per heavy atom. The van der Waals surface area contributed by atoms with Crippen molar-refractivity contribution < 1.29 is 29.1 Å². The smallest absolute Gasteiger partial charge is 0.410 e. The van der Waals surface area contributed by atoms with Gasteiger partial charge < -0.3 is 14.8 Å². The summed E-state index contributed by atoms with van der Waals surface area (Å²) >= 11 is 0. The predicted octanol–water partition coefficient (Wildman–Crippen LogP) is 2.47. The lowest BCUT2D eigenvalue weighted by molar-refractivity contribution is -0.135. The van der Waals surface area contributed by atoms with Crippen LogP contribution in [0.5, 0.6) is 0 Å². The molecule has 1 aliphatic heterocycles. The van der Waals surface area contributed by atoms with E-state index in [9.17, 15) is 14.4 Å². The second-order valence-corrected chi connectivity index (χ2v) is 7.78. The molecule has 0 spiro atoms. The highest BCUT2D eigenvalue weighted by molar-refractivity contribution is 6.03. The number of benzene rings is 2. The second-order valence-electron chi connectivity index (χ2n) is 7.78. The highest BCUT2D eigenvalue weighted by Gasteiger charge is 2.41. The van der Waals surface area contributed by atoms with Gasteiger partial charge in [-0.1, -0.05) is 48.5 Å². The van der Waals surface area contributed by atoms with E-state index in [1.807, 2.05) is 42.5 Å². The van der Waals surface area contributed by atoms with Crippen LogP contribution in [0.15, 0.2) is 66.9 Å². The summed E-state index contributed by atoms with van der Waals surface area (Å²) < 4.78 is 10.9. The van der Waals surface area contributed by atoms with Crippen LogP contribution in [0, 0.1) is 0 Å². The first-order chi connectivity index (χ1) is 16.5. The van der Waals surface area contributed by atoms with E-state index in [0.717, 1.165) is 10.9 Å². The first-order valence-corrected chi connectivity index (χ1v) is 10.7. The normalized spacial score (nSPS) is 17.4. The summed E-state index contributed by atoms with van der Waals surface area (Å²) in [5, 5.41) is 12.4. The zero-order chi connectivity index (χ0) is 23.9. The molecule has 1 aromatic heterocycles. The van der Waals surface area contributed by atoms with Crippen LogP contribution >= 0.6 is 0 Å². The van der Waals surface area contributed by atoms with Crippen LogP contribution in [0.3, 0.4) is 0 Å². The summed E-state index contributed by atoms with van der Waals surface area (Å²) in [6.45, 7) is -0.302. The van der Waals surface area contributed by atoms with Crippen molar-refractivity contribution in [1.29, 1.82) is 0 Å². The number of pyridine rings is 1. The molecule has 1 fully saturated rings. The van der Waals surface area contributed by atoms with Crippen molar-refractivity contribution in [3.05, 3.63) is 72.4 Å². The zero-order valence-corrected chi connectivity index (χ0v) is 18.2. The Hall–Kier alpha value is -4.02. The molecule has 0 bridgehead atoms. The first kappa shape index (κ1) is 23.1. The summed E-state index contributed by atoms with van der Waals surface area (Å²) in [6, 6.07) is 17.4. The van der Waals surface area contributed by atoms with Crippen LogP contribution in [0.1, 0.15) is 12.0 Å². The molecular formula is C24H24N4O6. The van der Waals surface area contributed by atoms with Crippen LogP contribution in [0.2, 0.25) is 0 Å². The van der Waals surface area contributed by atoms with E-state index in [1.165, 1.54) is 10.4 Å². The molecule has 3 N–H and O–H groups in total. The summed E-state index contributed by atoms with van der Waals surface area (Å²) in [4.78, 5) is 43.1. The van der Waals surface area contributed by atoms with Gasteiger partial charge in [-0.15, -0.1) is 0 Å². The first-order valence-electron chi connectivity index (χ1n) is 10.7. The number of nitrogens with zero attached hydrogens (tertiary/aromatic N) is 2. The number of rotatable bonds is 7. The maximum atomic E-state index is 13.2. The molecule has 0 saturated carbocycles. The van der Waals surface area contributed by atoms with E-state index in [2.05, 4.69) is 10.3 Å². The van der Waals surface area contributed by atoms with Crippen LogP contribution in [-0.4, -0.2) is 58.3 Å². The number of para-hydroxylation sites is 1. The predicted molar refractivity (Wildman–Crippen MR) is 122 cm³/mol. The number of fused-ring (bicyclic) bond motifs is 1. The molecular weight excluding hydrogens is 440 g/mol. The van der Waals surface area contributed by atoms with Gasteiger partial charge in [-0.2, -0.15) is 0 Å². The number of aromatic nitrogens is 1. The van der Waals surface area contributed by atoms with Gasteiger partial charge in [0.1, 0.15) is 19.3 Å². The van der Waals surface area contributed by atoms with Gasteiger partial charge in [0.15, 0.2) is 0 Å². The largest absolute Gasteiger partial charge is 0.445 e. The number of hydrogen-bond acceptors (Lipinski definition) is 7. The Kier molecular flexibility index (Phi) is 7.31. The molecule has 2 atom stereocenters. The van der Waals surface area contributed by atoms with Crippen molar-refractivity contribution in [3.8, 4) is 0 Å². The quantitative estimate of drug-likeness (QED) is 0.362. The maximum absolute atomic E-state index is 13.2. The van der Waals surface area contributed by atoms with Gasteiger partial charge in [-0.05, 0) is 17.7 Å². The topological polar surface area (TPSA) is 130 Å². The van der Waals surface area contributed by atoms with E-state index in [4.69, 9.17) is 14.7 Å². The number of ether oxygens (including phenoxy) is 2. The number of amides is 3. The van der Waals surface area contributed by atoms with Crippen molar-refractivity contribution >= 4 is 34.5 Å². The van der Waals surface area contributed by atoms with Crippen molar-refractivity contribution in [2.45, 2.75) is 25.2 Å². The van der Waals surface area contributed by atoms with Crippen LogP contribution < -0.4 is 10.8 Å². The van der Waals surface area contributed by atoms with E-state index in [-0.39, 0.29) is 19.6 Å². The maximum Gasteiger partial charge on any atom is 0.410 e. The van der Waals surface area contributed by atoms with Crippen molar-refractivity contribution in [3.63, 3.8) is 0 Å². The van der Waals surface area contributed by atoms with Crippen molar-refractivity contribution in [1.82, 2.24) is 15.4 Å². The van der Waals surface area contributed by atoms with E-state index < -0.39 is 36.7 Å². The molecule has 1 saturated heterocycles. The molecule has 0 aliphatic carbocycles.